The predicted molar refractivity (Wildman–Crippen MR) is 82.2 cm³/mol. The van der Waals surface area contributed by atoms with E-state index in [1.165, 1.54) is 12.8 Å². The number of nitrogens with one attached hydrogen (secondary N) is 2. The first kappa shape index (κ1) is 16.2. The quantitative estimate of drug-likeness (QED) is 0.695. The number of hydrogen-bond acceptors (Lipinski definition) is 4. The summed E-state index contributed by atoms with van der Waals surface area (Å²) < 4.78 is 26.9. The van der Waals surface area contributed by atoms with Gasteiger partial charge in [0.2, 0.25) is 10.0 Å². The van der Waals surface area contributed by atoms with Crippen molar-refractivity contribution in [3.05, 3.63) is 0 Å². The van der Waals surface area contributed by atoms with E-state index in [-0.39, 0.29) is 11.8 Å². The second-order valence-electron chi connectivity index (χ2n) is 6.40. The average molecular weight is 303 g/mol. The fraction of sp³-hybridized carbons (Fsp3) is 1.00. The second-order valence-corrected chi connectivity index (χ2v) is 8.32. The summed E-state index contributed by atoms with van der Waals surface area (Å²) in [5.74, 6) is 0.844. The standard InChI is InChI=1S/C14H29N3O2S/c1-12(17(2)14-3-4-14)11-16-20(18,19)10-7-13-5-8-15-9-6-13/h12-16H,3-11H2,1-2H3. The normalized spacial score (nSPS) is 23.1. The molecule has 1 saturated heterocycles. The second kappa shape index (κ2) is 7.20. The molecule has 1 aliphatic carbocycles. The summed E-state index contributed by atoms with van der Waals surface area (Å²) in [5.41, 5.74) is 0. The van der Waals surface area contributed by atoms with E-state index in [9.17, 15) is 8.42 Å². The maximum Gasteiger partial charge on any atom is 0.211 e. The highest BCUT2D eigenvalue weighted by Crippen LogP contribution is 2.26. The summed E-state index contributed by atoms with van der Waals surface area (Å²) >= 11 is 0. The summed E-state index contributed by atoms with van der Waals surface area (Å²) in [4.78, 5) is 2.29. The van der Waals surface area contributed by atoms with Crippen LogP contribution >= 0.6 is 0 Å². The molecule has 0 aromatic rings. The lowest BCUT2D eigenvalue weighted by atomic mass is 9.96. The van der Waals surface area contributed by atoms with Crippen molar-refractivity contribution < 1.29 is 8.42 Å². The number of sulfonamides is 1. The van der Waals surface area contributed by atoms with Crippen molar-refractivity contribution in [2.45, 2.75) is 51.1 Å². The van der Waals surface area contributed by atoms with Gasteiger partial charge in [0.1, 0.15) is 0 Å². The fourth-order valence-corrected chi connectivity index (χ4v) is 4.08. The van der Waals surface area contributed by atoms with Crippen molar-refractivity contribution >= 4 is 10.0 Å². The molecule has 0 aromatic carbocycles. The van der Waals surface area contributed by atoms with Gasteiger partial charge in [0.15, 0.2) is 0 Å². The highest BCUT2D eigenvalue weighted by atomic mass is 32.2. The monoisotopic (exact) mass is 303 g/mol. The van der Waals surface area contributed by atoms with E-state index < -0.39 is 10.0 Å². The lowest BCUT2D eigenvalue weighted by molar-refractivity contribution is 0.248. The van der Waals surface area contributed by atoms with Crippen LogP contribution in [0.15, 0.2) is 0 Å². The Kier molecular flexibility index (Phi) is 5.84. The van der Waals surface area contributed by atoms with E-state index >= 15 is 0 Å². The Morgan fingerprint density at radius 2 is 1.90 bits per heavy atom. The van der Waals surface area contributed by atoms with Gasteiger partial charge in [-0.25, -0.2) is 13.1 Å². The third kappa shape index (κ3) is 5.31. The minimum absolute atomic E-state index is 0.274. The highest BCUT2D eigenvalue weighted by molar-refractivity contribution is 7.89. The summed E-state index contributed by atoms with van der Waals surface area (Å²) in [6.45, 7) is 4.68. The number of hydrogen-bond donors (Lipinski definition) is 2. The van der Waals surface area contributed by atoms with Gasteiger partial charge in [-0.3, -0.25) is 4.90 Å². The van der Waals surface area contributed by atoms with Crippen LogP contribution in [0.2, 0.25) is 0 Å². The van der Waals surface area contributed by atoms with Gasteiger partial charge >= 0.3 is 0 Å². The molecule has 0 bridgehead atoms. The topological polar surface area (TPSA) is 61.4 Å². The van der Waals surface area contributed by atoms with E-state index in [1.54, 1.807) is 0 Å². The Morgan fingerprint density at radius 3 is 2.50 bits per heavy atom. The number of piperidine rings is 1. The van der Waals surface area contributed by atoms with Crippen LogP contribution in [0.25, 0.3) is 0 Å². The van der Waals surface area contributed by atoms with Crippen molar-refractivity contribution in [3.63, 3.8) is 0 Å². The zero-order valence-electron chi connectivity index (χ0n) is 12.8. The molecule has 118 valence electrons. The lowest BCUT2D eigenvalue weighted by Crippen LogP contribution is -2.42. The molecule has 0 radical (unpaired) electrons. The Bertz CT molecular complexity index is 389. The van der Waals surface area contributed by atoms with Crippen LogP contribution in [0.3, 0.4) is 0 Å². The number of rotatable bonds is 8. The predicted octanol–water partition coefficient (Wildman–Crippen LogP) is 0.778. The van der Waals surface area contributed by atoms with Crippen LogP contribution in [0.1, 0.15) is 39.0 Å². The fourth-order valence-electron chi connectivity index (χ4n) is 2.80. The third-order valence-electron chi connectivity index (χ3n) is 4.67. The number of nitrogens with zero attached hydrogens (tertiary/aromatic N) is 1. The van der Waals surface area contributed by atoms with Gasteiger partial charge in [0, 0.05) is 18.6 Å². The third-order valence-corrected chi connectivity index (χ3v) is 6.05. The van der Waals surface area contributed by atoms with E-state index in [2.05, 4.69) is 28.9 Å². The van der Waals surface area contributed by atoms with Crippen molar-refractivity contribution in [1.82, 2.24) is 14.9 Å². The van der Waals surface area contributed by atoms with Gasteiger partial charge in [0.25, 0.3) is 0 Å². The van der Waals surface area contributed by atoms with Gasteiger partial charge in [-0.15, -0.1) is 0 Å². The molecule has 1 unspecified atom stereocenters. The van der Waals surface area contributed by atoms with E-state index in [0.717, 1.165) is 32.4 Å². The molecule has 0 aromatic heterocycles. The highest BCUT2D eigenvalue weighted by Gasteiger charge is 2.29. The van der Waals surface area contributed by atoms with Gasteiger partial charge < -0.3 is 5.32 Å². The molecule has 2 N–H and O–H groups in total. The Morgan fingerprint density at radius 1 is 1.25 bits per heavy atom. The Balaban J connectivity index is 1.67. The summed E-state index contributed by atoms with van der Waals surface area (Å²) in [6.07, 6.45) is 5.52. The van der Waals surface area contributed by atoms with Gasteiger partial charge in [-0.05, 0) is 65.1 Å². The molecule has 2 fully saturated rings. The minimum Gasteiger partial charge on any atom is -0.317 e. The molecular formula is C14H29N3O2S. The van der Waals surface area contributed by atoms with Gasteiger partial charge in [0.05, 0.1) is 5.75 Å². The van der Waals surface area contributed by atoms with Crippen molar-refractivity contribution in [2.75, 3.05) is 32.4 Å². The van der Waals surface area contributed by atoms with Gasteiger partial charge in [-0.2, -0.15) is 0 Å². The van der Waals surface area contributed by atoms with Crippen LogP contribution in [-0.4, -0.2) is 57.8 Å². The van der Waals surface area contributed by atoms with Gasteiger partial charge in [-0.1, -0.05) is 0 Å². The van der Waals surface area contributed by atoms with Crippen molar-refractivity contribution in [2.24, 2.45) is 5.92 Å². The maximum atomic E-state index is 12.0. The smallest absolute Gasteiger partial charge is 0.211 e. The van der Waals surface area contributed by atoms with Crippen LogP contribution in [0.4, 0.5) is 0 Å². The Hall–Kier alpha value is -0.170. The zero-order valence-corrected chi connectivity index (χ0v) is 13.6. The Labute approximate surface area is 123 Å². The summed E-state index contributed by atoms with van der Waals surface area (Å²) in [5, 5.41) is 3.31. The molecular weight excluding hydrogens is 274 g/mol. The minimum atomic E-state index is -3.11. The summed E-state index contributed by atoms with van der Waals surface area (Å²) in [7, 11) is -1.02. The zero-order chi connectivity index (χ0) is 14.6. The molecule has 2 rings (SSSR count). The molecule has 6 heteroatoms. The molecule has 1 saturated carbocycles. The van der Waals surface area contributed by atoms with Crippen molar-refractivity contribution in [1.29, 1.82) is 0 Å². The number of likely N-dealkylation sites (N-methyl/N-ethyl adjacent to an activating group) is 1. The maximum absolute atomic E-state index is 12.0. The molecule has 2 aliphatic rings. The van der Waals surface area contributed by atoms with E-state index in [0.29, 0.717) is 18.5 Å². The molecule has 0 amide bonds. The first-order chi connectivity index (χ1) is 9.48. The largest absolute Gasteiger partial charge is 0.317 e. The van der Waals surface area contributed by atoms with E-state index in [4.69, 9.17) is 0 Å². The van der Waals surface area contributed by atoms with Crippen LogP contribution in [0.5, 0.6) is 0 Å². The van der Waals surface area contributed by atoms with Crippen molar-refractivity contribution in [3.8, 4) is 0 Å². The molecule has 1 atom stereocenters. The lowest BCUT2D eigenvalue weighted by Gasteiger charge is -2.25. The summed E-state index contributed by atoms with van der Waals surface area (Å²) in [6, 6.07) is 0.945. The molecule has 1 heterocycles. The van der Waals surface area contributed by atoms with E-state index in [1.807, 2.05) is 0 Å². The van der Waals surface area contributed by atoms with Crippen LogP contribution in [0, 0.1) is 5.92 Å². The molecule has 1 aliphatic heterocycles. The first-order valence-electron chi connectivity index (χ1n) is 7.88. The first-order valence-corrected chi connectivity index (χ1v) is 9.53. The van der Waals surface area contributed by atoms with Crippen LogP contribution in [-0.2, 0) is 10.0 Å². The molecule has 5 nitrogen and oxygen atoms in total. The molecule has 0 spiro atoms. The molecule has 20 heavy (non-hydrogen) atoms. The average Bonchev–Trinajstić information content (AvgIpc) is 3.28. The van der Waals surface area contributed by atoms with Crippen LogP contribution < -0.4 is 10.0 Å². The SMILES string of the molecule is CC(CNS(=O)(=O)CCC1CCNCC1)N(C)C1CC1.